The molecule has 0 heterocycles. The standard InChI is InChI=1S/C10H11FO3/c1-14-10-5-7(3-2-4-12)8(11)6-9(10)13/h2-3,5-6,12-13H,4H2,1H3/b3-2+. The van der Waals surface area contributed by atoms with Gasteiger partial charge in [0.1, 0.15) is 5.82 Å². The van der Waals surface area contributed by atoms with Gasteiger partial charge in [0.2, 0.25) is 0 Å². The Morgan fingerprint density at radius 1 is 1.50 bits per heavy atom. The van der Waals surface area contributed by atoms with Gasteiger partial charge in [-0.25, -0.2) is 4.39 Å². The Bertz CT molecular complexity index is 347. The van der Waals surface area contributed by atoms with Crippen LogP contribution in [0.3, 0.4) is 0 Å². The predicted octanol–water partition coefficient (Wildman–Crippen LogP) is 1.55. The Morgan fingerprint density at radius 2 is 2.21 bits per heavy atom. The number of aromatic hydroxyl groups is 1. The van der Waals surface area contributed by atoms with Gasteiger partial charge in [-0.1, -0.05) is 12.2 Å². The number of methoxy groups -OCH3 is 1. The molecule has 1 aromatic rings. The van der Waals surface area contributed by atoms with Crippen molar-refractivity contribution in [2.75, 3.05) is 13.7 Å². The molecule has 0 spiro atoms. The van der Waals surface area contributed by atoms with E-state index >= 15 is 0 Å². The first-order valence-corrected chi connectivity index (χ1v) is 4.03. The summed E-state index contributed by atoms with van der Waals surface area (Å²) in [6, 6.07) is 2.33. The van der Waals surface area contributed by atoms with E-state index in [0.717, 1.165) is 6.07 Å². The summed E-state index contributed by atoms with van der Waals surface area (Å²) < 4.78 is 17.9. The molecule has 0 saturated carbocycles. The Kier molecular flexibility index (Phi) is 3.48. The lowest BCUT2D eigenvalue weighted by Gasteiger charge is -2.05. The van der Waals surface area contributed by atoms with Crippen molar-refractivity contribution in [3.8, 4) is 11.5 Å². The number of ether oxygens (including phenoxy) is 1. The van der Waals surface area contributed by atoms with Gasteiger partial charge < -0.3 is 14.9 Å². The molecule has 0 bridgehead atoms. The molecule has 0 aliphatic heterocycles. The van der Waals surface area contributed by atoms with E-state index in [-0.39, 0.29) is 23.7 Å². The third kappa shape index (κ3) is 2.23. The molecule has 0 amide bonds. The third-order valence-corrected chi connectivity index (χ3v) is 1.70. The number of hydrogen-bond donors (Lipinski definition) is 2. The van der Waals surface area contributed by atoms with Crippen molar-refractivity contribution in [1.29, 1.82) is 0 Å². The molecule has 14 heavy (non-hydrogen) atoms. The zero-order chi connectivity index (χ0) is 10.6. The van der Waals surface area contributed by atoms with E-state index in [9.17, 15) is 9.50 Å². The summed E-state index contributed by atoms with van der Waals surface area (Å²) >= 11 is 0. The van der Waals surface area contributed by atoms with Crippen LogP contribution in [-0.4, -0.2) is 23.9 Å². The van der Waals surface area contributed by atoms with Crippen molar-refractivity contribution < 1.29 is 19.3 Å². The minimum Gasteiger partial charge on any atom is -0.504 e. The molecule has 0 aliphatic rings. The maximum atomic E-state index is 13.1. The third-order valence-electron chi connectivity index (χ3n) is 1.70. The van der Waals surface area contributed by atoms with E-state index in [1.54, 1.807) is 0 Å². The van der Waals surface area contributed by atoms with Gasteiger partial charge in [0.25, 0.3) is 0 Å². The van der Waals surface area contributed by atoms with Crippen molar-refractivity contribution in [3.05, 3.63) is 29.6 Å². The lowest BCUT2D eigenvalue weighted by Crippen LogP contribution is -1.88. The zero-order valence-corrected chi connectivity index (χ0v) is 7.70. The van der Waals surface area contributed by atoms with Crippen LogP contribution in [0.15, 0.2) is 18.2 Å². The number of phenols is 1. The van der Waals surface area contributed by atoms with Crippen LogP contribution < -0.4 is 4.74 Å². The van der Waals surface area contributed by atoms with Crippen LogP contribution in [0, 0.1) is 5.82 Å². The molecule has 2 N–H and O–H groups in total. The minimum absolute atomic E-state index is 0.164. The van der Waals surface area contributed by atoms with Crippen molar-refractivity contribution >= 4 is 6.08 Å². The average molecular weight is 198 g/mol. The van der Waals surface area contributed by atoms with Crippen LogP contribution in [0.1, 0.15) is 5.56 Å². The predicted molar refractivity (Wildman–Crippen MR) is 50.7 cm³/mol. The van der Waals surface area contributed by atoms with Crippen LogP contribution in [-0.2, 0) is 0 Å². The SMILES string of the molecule is COc1cc(/C=C/CO)c(F)cc1O. The monoisotopic (exact) mass is 198 g/mol. The largest absolute Gasteiger partial charge is 0.504 e. The number of benzene rings is 1. The Labute approximate surface area is 81.1 Å². The van der Waals surface area contributed by atoms with Crippen LogP contribution in [0.25, 0.3) is 6.08 Å². The summed E-state index contributed by atoms with van der Waals surface area (Å²) in [4.78, 5) is 0. The van der Waals surface area contributed by atoms with Gasteiger partial charge >= 0.3 is 0 Å². The fraction of sp³-hybridized carbons (Fsp3) is 0.200. The topological polar surface area (TPSA) is 49.7 Å². The van der Waals surface area contributed by atoms with E-state index in [2.05, 4.69) is 0 Å². The molecule has 76 valence electrons. The fourth-order valence-corrected chi connectivity index (χ4v) is 1.03. The smallest absolute Gasteiger partial charge is 0.161 e. The molecule has 0 atom stereocenters. The number of hydrogen-bond acceptors (Lipinski definition) is 3. The summed E-state index contributed by atoms with van der Waals surface area (Å²) in [5.41, 5.74) is 0.258. The van der Waals surface area contributed by atoms with Crippen LogP contribution in [0.4, 0.5) is 4.39 Å². The molecular weight excluding hydrogens is 187 g/mol. The van der Waals surface area contributed by atoms with Gasteiger partial charge in [0, 0.05) is 11.6 Å². The maximum Gasteiger partial charge on any atom is 0.161 e. The molecule has 0 aliphatic carbocycles. The molecule has 0 radical (unpaired) electrons. The number of aliphatic hydroxyl groups excluding tert-OH is 1. The highest BCUT2D eigenvalue weighted by Crippen LogP contribution is 2.29. The number of halogens is 1. The average Bonchev–Trinajstić information content (AvgIpc) is 2.17. The minimum atomic E-state index is -0.562. The van der Waals surface area contributed by atoms with Crippen molar-refractivity contribution in [2.24, 2.45) is 0 Å². The first kappa shape index (κ1) is 10.5. The van der Waals surface area contributed by atoms with Gasteiger partial charge in [0.05, 0.1) is 13.7 Å². The molecule has 1 aromatic carbocycles. The molecule has 3 nitrogen and oxygen atoms in total. The lowest BCUT2D eigenvalue weighted by atomic mass is 10.1. The Balaban J connectivity index is 3.10. The van der Waals surface area contributed by atoms with Crippen molar-refractivity contribution in [2.45, 2.75) is 0 Å². The normalized spacial score (nSPS) is 10.8. The van der Waals surface area contributed by atoms with E-state index in [1.165, 1.54) is 25.3 Å². The molecular formula is C10H11FO3. The zero-order valence-electron chi connectivity index (χ0n) is 7.70. The highest BCUT2D eigenvalue weighted by molar-refractivity contribution is 5.56. The Hall–Kier alpha value is -1.55. The quantitative estimate of drug-likeness (QED) is 0.774. The van der Waals surface area contributed by atoms with Gasteiger partial charge in [-0.05, 0) is 6.07 Å². The molecule has 4 heteroatoms. The Morgan fingerprint density at radius 3 is 2.79 bits per heavy atom. The second kappa shape index (κ2) is 4.62. The summed E-state index contributed by atoms with van der Waals surface area (Å²) in [6.07, 6.45) is 2.81. The van der Waals surface area contributed by atoms with E-state index in [0.29, 0.717) is 0 Å². The number of phenolic OH excluding ortho intramolecular Hbond substituents is 1. The summed E-state index contributed by atoms with van der Waals surface area (Å²) in [7, 11) is 1.38. The molecule has 0 unspecified atom stereocenters. The van der Waals surface area contributed by atoms with Crippen molar-refractivity contribution in [1.82, 2.24) is 0 Å². The van der Waals surface area contributed by atoms with Crippen LogP contribution >= 0.6 is 0 Å². The summed E-state index contributed by atoms with van der Waals surface area (Å²) in [5, 5.41) is 17.7. The van der Waals surface area contributed by atoms with E-state index < -0.39 is 5.82 Å². The molecule has 0 fully saturated rings. The maximum absolute atomic E-state index is 13.1. The highest BCUT2D eigenvalue weighted by atomic mass is 19.1. The number of rotatable bonds is 3. The van der Waals surface area contributed by atoms with Gasteiger partial charge in [-0.3, -0.25) is 0 Å². The van der Waals surface area contributed by atoms with E-state index in [1.807, 2.05) is 0 Å². The van der Waals surface area contributed by atoms with Crippen LogP contribution in [0.2, 0.25) is 0 Å². The first-order chi connectivity index (χ1) is 6.69. The van der Waals surface area contributed by atoms with Crippen LogP contribution in [0.5, 0.6) is 11.5 Å². The fourth-order valence-electron chi connectivity index (χ4n) is 1.03. The number of aliphatic hydroxyl groups is 1. The van der Waals surface area contributed by atoms with E-state index in [4.69, 9.17) is 9.84 Å². The second-order valence-electron chi connectivity index (χ2n) is 2.63. The molecule has 1 rings (SSSR count). The summed E-state index contributed by atoms with van der Waals surface area (Å²) in [6.45, 7) is -0.164. The first-order valence-electron chi connectivity index (χ1n) is 4.03. The van der Waals surface area contributed by atoms with Gasteiger partial charge in [0.15, 0.2) is 11.5 Å². The highest BCUT2D eigenvalue weighted by Gasteiger charge is 2.06. The second-order valence-corrected chi connectivity index (χ2v) is 2.63. The molecule has 0 saturated heterocycles. The lowest BCUT2D eigenvalue weighted by molar-refractivity contribution is 0.343. The summed E-state index contributed by atoms with van der Waals surface area (Å²) in [5.74, 6) is -0.608. The van der Waals surface area contributed by atoms with Gasteiger partial charge in [-0.15, -0.1) is 0 Å². The van der Waals surface area contributed by atoms with Gasteiger partial charge in [-0.2, -0.15) is 0 Å². The van der Waals surface area contributed by atoms with Crippen molar-refractivity contribution in [3.63, 3.8) is 0 Å². The molecule has 0 aromatic heterocycles.